The Morgan fingerprint density at radius 1 is 1.28 bits per heavy atom. The molecule has 0 spiro atoms. The van der Waals surface area contributed by atoms with E-state index in [0.29, 0.717) is 22.4 Å². The number of hydrogen-bond acceptors (Lipinski definition) is 4. The van der Waals surface area contributed by atoms with Gasteiger partial charge in [0.15, 0.2) is 0 Å². The third-order valence-electron chi connectivity index (χ3n) is 2.52. The molecule has 2 rings (SSSR count). The number of para-hydroxylation sites is 1. The van der Waals surface area contributed by atoms with Crippen LogP contribution in [0.25, 0.3) is 0 Å². The van der Waals surface area contributed by atoms with E-state index in [1.807, 2.05) is 30.1 Å². The molecule has 0 bridgehead atoms. The van der Waals surface area contributed by atoms with Gasteiger partial charge in [0.05, 0.1) is 11.3 Å². The zero-order chi connectivity index (χ0) is 13.1. The Morgan fingerprint density at radius 3 is 2.67 bits per heavy atom. The molecule has 2 aromatic rings. The minimum Gasteiger partial charge on any atom is -0.328 e. The number of nitriles is 1. The largest absolute Gasteiger partial charge is 0.328 e. The molecule has 0 unspecified atom stereocenters. The van der Waals surface area contributed by atoms with Gasteiger partial charge in [0, 0.05) is 13.1 Å². The maximum Gasteiger partial charge on any atom is 0.137 e. The summed E-state index contributed by atoms with van der Waals surface area (Å²) in [4.78, 5) is 10.1. The van der Waals surface area contributed by atoms with Gasteiger partial charge < -0.3 is 4.90 Å². The Morgan fingerprint density at radius 2 is 2.00 bits per heavy atom. The lowest BCUT2D eigenvalue weighted by atomic mass is 10.2. The van der Waals surface area contributed by atoms with Crippen molar-refractivity contribution < 1.29 is 0 Å². The molecular formula is C13H11ClN4. The summed E-state index contributed by atoms with van der Waals surface area (Å²) in [5.74, 6) is 1.26. The van der Waals surface area contributed by atoms with Crippen molar-refractivity contribution in [2.45, 2.75) is 6.92 Å². The number of aryl methyl sites for hydroxylation is 1. The van der Waals surface area contributed by atoms with E-state index >= 15 is 0 Å². The summed E-state index contributed by atoms with van der Waals surface area (Å²) in [6.45, 7) is 1.78. The van der Waals surface area contributed by atoms with Crippen molar-refractivity contribution in [2.75, 3.05) is 11.9 Å². The van der Waals surface area contributed by atoms with Crippen molar-refractivity contribution in [2.24, 2.45) is 0 Å². The van der Waals surface area contributed by atoms with Gasteiger partial charge in [-0.15, -0.1) is 0 Å². The minimum atomic E-state index is 0.388. The van der Waals surface area contributed by atoms with E-state index in [1.54, 1.807) is 19.1 Å². The third kappa shape index (κ3) is 2.41. The molecule has 0 radical (unpaired) electrons. The molecular weight excluding hydrogens is 248 g/mol. The Hall–Kier alpha value is -2.12. The highest BCUT2D eigenvalue weighted by Crippen LogP contribution is 2.26. The lowest BCUT2D eigenvalue weighted by molar-refractivity contribution is 1.01. The lowest BCUT2D eigenvalue weighted by Crippen LogP contribution is -2.13. The van der Waals surface area contributed by atoms with E-state index in [-0.39, 0.29) is 0 Å². The monoisotopic (exact) mass is 258 g/mol. The fourth-order valence-corrected chi connectivity index (χ4v) is 1.89. The molecule has 1 heterocycles. The summed E-state index contributed by atoms with van der Waals surface area (Å²) in [5, 5.41) is 9.48. The van der Waals surface area contributed by atoms with Gasteiger partial charge >= 0.3 is 0 Å². The molecule has 0 atom stereocenters. The van der Waals surface area contributed by atoms with Crippen LogP contribution in [-0.4, -0.2) is 17.0 Å². The summed E-state index contributed by atoms with van der Waals surface area (Å²) >= 11 is 5.91. The average molecular weight is 259 g/mol. The number of hydrogen-bond donors (Lipinski definition) is 0. The maximum absolute atomic E-state index is 9.09. The number of benzene rings is 1. The summed E-state index contributed by atoms with van der Waals surface area (Å²) in [6, 6.07) is 11.2. The van der Waals surface area contributed by atoms with Crippen LogP contribution >= 0.6 is 11.6 Å². The number of anilines is 2. The molecule has 1 aromatic carbocycles. The molecule has 0 fully saturated rings. The average Bonchev–Trinajstić information content (AvgIpc) is 2.36. The van der Waals surface area contributed by atoms with Crippen molar-refractivity contribution in [3.63, 3.8) is 0 Å². The Labute approximate surface area is 110 Å². The van der Waals surface area contributed by atoms with E-state index in [9.17, 15) is 0 Å². The van der Waals surface area contributed by atoms with Crippen LogP contribution in [0.3, 0.4) is 0 Å². The molecule has 90 valence electrons. The first kappa shape index (κ1) is 12.3. The zero-order valence-corrected chi connectivity index (χ0v) is 10.8. The fourth-order valence-electron chi connectivity index (χ4n) is 1.67. The van der Waals surface area contributed by atoms with Crippen LogP contribution in [0.5, 0.6) is 0 Å². The minimum absolute atomic E-state index is 0.388. The molecule has 0 saturated heterocycles. The van der Waals surface area contributed by atoms with Gasteiger partial charge in [0.2, 0.25) is 0 Å². The molecule has 0 amide bonds. The lowest BCUT2D eigenvalue weighted by Gasteiger charge is -2.19. The zero-order valence-electron chi connectivity index (χ0n) is 10.1. The van der Waals surface area contributed by atoms with E-state index in [2.05, 4.69) is 16.0 Å². The molecule has 5 heteroatoms. The first-order chi connectivity index (χ1) is 8.61. The highest BCUT2D eigenvalue weighted by atomic mass is 35.5. The Kier molecular flexibility index (Phi) is 3.45. The van der Waals surface area contributed by atoms with Gasteiger partial charge in [0.1, 0.15) is 22.9 Å². The number of halogens is 1. The second kappa shape index (κ2) is 5.03. The number of aromatic nitrogens is 2. The van der Waals surface area contributed by atoms with Crippen molar-refractivity contribution in [3.05, 3.63) is 46.9 Å². The molecule has 0 saturated carbocycles. The molecule has 0 N–H and O–H groups in total. The quantitative estimate of drug-likeness (QED) is 0.777. The van der Waals surface area contributed by atoms with Crippen LogP contribution in [0, 0.1) is 18.3 Å². The smallest absolute Gasteiger partial charge is 0.137 e. The maximum atomic E-state index is 9.09. The van der Waals surface area contributed by atoms with Gasteiger partial charge in [-0.2, -0.15) is 5.26 Å². The molecule has 0 aliphatic heterocycles. The summed E-state index contributed by atoms with van der Waals surface area (Å²) < 4.78 is 0. The van der Waals surface area contributed by atoms with Gasteiger partial charge in [-0.1, -0.05) is 23.7 Å². The van der Waals surface area contributed by atoms with Crippen LogP contribution < -0.4 is 4.90 Å². The van der Waals surface area contributed by atoms with Crippen molar-refractivity contribution in [1.82, 2.24) is 9.97 Å². The van der Waals surface area contributed by atoms with Gasteiger partial charge in [-0.25, -0.2) is 9.97 Å². The number of rotatable bonds is 2. The Bertz CT molecular complexity index is 598. The predicted octanol–water partition coefficient (Wildman–Crippen LogP) is 3.08. The fraction of sp³-hybridized carbons (Fsp3) is 0.154. The predicted molar refractivity (Wildman–Crippen MR) is 71.0 cm³/mol. The topological polar surface area (TPSA) is 52.8 Å². The van der Waals surface area contributed by atoms with Gasteiger partial charge in [-0.05, 0) is 19.1 Å². The Balaban J connectivity index is 2.48. The highest BCUT2D eigenvalue weighted by molar-refractivity contribution is 6.29. The second-order valence-corrected chi connectivity index (χ2v) is 4.17. The highest BCUT2D eigenvalue weighted by Gasteiger charge is 2.11. The standard InChI is InChI=1S/C13H11ClN4/c1-9-16-12(14)7-13(17-9)18(2)11-6-4-3-5-10(11)8-15/h3-7H,1-2H3. The van der Waals surface area contributed by atoms with E-state index in [4.69, 9.17) is 16.9 Å². The molecule has 0 aliphatic carbocycles. The van der Waals surface area contributed by atoms with E-state index in [0.717, 1.165) is 5.69 Å². The summed E-state index contributed by atoms with van der Waals surface area (Å²) in [5.41, 5.74) is 1.38. The third-order valence-corrected chi connectivity index (χ3v) is 2.72. The van der Waals surface area contributed by atoms with Crippen molar-refractivity contribution >= 4 is 23.1 Å². The molecule has 1 aromatic heterocycles. The van der Waals surface area contributed by atoms with Gasteiger partial charge in [-0.3, -0.25) is 0 Å². The first-order valence-electron chi connectivity index (χ1n) is 5.36. The van der Waals surface area contributed by atoms with Crippen LogP contribution in [0.4, 0.5) is 11.5 Å². The van der Waals surface area contributed by atoms with Crippen molar-refractivity contribution in [3.8, 4) is 6.07 Å². The molecule has 4 nitrogen and oxygen atoms in total. The second-order valence-electron chi connectivity index (χ2n) is 3.78. The first-order valence-corrected chi connectivity index (χ1v) is 5.73. The van der Waals surface area contributed by atoms with Crippen LogP contribution in [0.2, 0.25) is 5.15 Å². The molecule has 18 heavy (non-hydrogen) atoms. The summed E-state index contributed by atoms with van der Waals surface area (Å²) in [7, 11) is 1.84. The molecule has 0 aliphatic rings. The van der Waals surface area contributed by atoms with E-state index in [1.165, 1.54) is 0 Å². The SMILES string of the molecule is Cc1nc(Cl)cc(N(C)c2ccccc2C#N)n1. The summed E-state index contributed by atoms with van der Waals surface area (Å²) in [6.07, 6.45) is 0. The normalized spacial score (nSPS) is 9.89. The van der Waals surface area contributed by atoms with Crippen molar-refractivity contribution in [1.29, 1.82) is 5.26 Å². The van der Waals surface area contributed by atoms with E-state index < -0.39 is 0 Å². The number of nitrogens with zero attached hydrogens (tertiary/aromatic N) is 4. The van der Waals surface area contributed by atoms with Crippen LogP contribution in [0.1, 0.15) is 11.4 Å². The van der Waals surface area contributed by atoms with Crippen LogP contribution in [0.15, 0.2) is 30.3 Å². The van der Waals surface area contributed by atoms with Gasteiger partial charge in [0.25, 0.3) is 0 Å². The van der Waals surface area contributed by atoms with Crippen LogP contribution in [-0.2, 0) is 0 Å².